The molecule has 1 saturated heterocycles. The summed E-state index contributed by atoms with van der Waals surface area (Å²) in [6.07, 6.45) is 2.55. The Labute approximate surface area is 239 Å². The molecule has 2 aromatic rings. The number of hydrogen-bond donors (Lipinski definition) is 1. The van der Waals surface area contributed by atoms with E-state index in [1.807, 2.05) is 25.1 Å². The molecule has 2 aliphatic heterocycles. The normalized spacial score (nSPS) is 17.0. The topological polar surface area (TPSA) is 129 Å². The van der Waals surface area contributed by atoms with Gasteiger partial charge in [0.2, 0.25) is 12.6 Å². The number of benzene rings is 2. The molecule has 2 aromatic carbocycles. The second kappa shape index (κ2) is 13.1. The van der Waals surface area contributed by atoms with Gasteiger partial charge in [-0.05, 0) is 73.9 Å². The summed E-state index contributed by atoms with van der Waals surface area (Å²) in [6.45, 7) is 5.28. The SMILES string of the molecule is CCC(C)(C)C(=O)C(=O)N1CCCC[C@H]1C(=O)OC(CCc1ccc2c(c1)OCO2)c1cccc(OCC(=O)O)c1. The van der Waals surface area contributed by atoms with E-state index >= 15 is 0 Å². The van der Waals surface area contributed by atoms with Crippen molar-refractivity contribution in [3.8, 4) is 17.2 Å². The van der Waals surface area contributed by atoms with E-state index in [0.29, 0.717) is 61.5 Å². The van der Waals surface area contributed by atoms with Crippen LogP contribution in [0.25, 0.3) is 0 Å². The molecule has 0 bridgehead atoms. The van der Waals surface area contributed by atoms with E-state index in [4.69, 9.17) is 24.1 Å². The number of likely N-dealkylation sites (tertiary alicyclic amines) is 1. The van der Waals surface area contributed by atoms with Crippen LogP contribution in [0.5, 0.6) is 17.2 Å². The molecular formula is C31H37NO9. The summed E-state index contributed by atoms with van der Waals surface area (Å²) in [7, 11) is 0. The Kier molecular flexibility index (Phi) is 9.52. The molecule has 0 radical (unpaired) electrons. The van der Waals surface area contributed by atoms with E-state index in [9.17, 15) is 19.2 Å². The first-order valence-corrected chi connectivity index (χ1v) is 14.0. The van der Waals surface area contributed by atoms with Crippen LogP contribution in [0.4, 0.5) is 0 Å². The van der Waals surface area contributed by atoms with Crippen molar-refractivity contribution in [1.82, 2.24) is 4.90 Å². The molecule has 41 heavy (non-hydrogen) atoms. The minimum Gasteiger partial charge on any atom is -0.482 e. The minimum absolute atomic E-state index is 0.163. The summed E-state index contributed by atoms with van der Waals surface area (Å²) < 4.78 is 22.3. The van der Waals surface area contributed by atoms with Gasteiger partial charge >= 0.3 is 11.9 Å². The lowest BCUT2D eigenvalue weighted by Gasteiger charge is -2.36. The van der Waals surface area contributed by atoms with Crippen molar-refractivity contribution < 1.29 is 43.2 Å². The molecule has 220 valence electrons. The first-order chi connectivity index (χ1) is 19.6. The number of Topliss-reactive ketones (excluding diaryl/α,β-unsaturated/α-hetero) is 1. The van der Waals surface area contributed by atoms with Crippen LogP contribution in [0.1, 0.15) is 70.1 Å². The van der Waals surface area contributed by atoms with Crippen LogP contribution in [0.15, 0.2) is 42.5 Å². The molecule has 1 amide bonds. The monoisotopic (exact) mass is 567 g/mol. The molecule has 10 heteroatoms. The lowest BCUT2D eigenvalue weighted by atomic mass is 9.84. The molecule has 2 aliphatic rings. The molecule has 0 aliphatic carbocycles. The van der Waals surface area contributed by atoms with Gasteiger partial charge in [-0.25, -0.2) is 9.59 Å². The fourth-order valence-electron chi connectivity index (χ4n) is 4.86. The maximum Gasteiger partial charge on any atom is 0.341 e. The van der Waals surface area contributed by atoms with Gasteiger partial charge in [0.15, 0.2) is 18.1 Å². The first-order valence-electron chi connectivity index (χ1n) is 14.0. The van der Waals surface area contributed by atoms with E-state index in [1.54, 1.807) is 38.1 Å². The number of nitrogens with zero attached hydrogens (tertiary/aromatic N) is 1. The van der Waals surface area contributed by atoms with Gasteiger partial charge in [0.25, 0.3) is 5.91 Å². The number of hydrogen-bond acceptors (Lipinski definition) is 8. The smallest absolute Gasteiger partial charge is 0.341 e. The number of ketones is 1. The van der Waals surface area contributed by atoms with Crippen LogP contribution in [-0.2, 0) is 30.3 Å². The highest BCUT2D eigenvalue weighted by Gasteiger charge is 2.41. The van der Waals surface area contributed by atoms with Crippen LogP contribution >= 0.6 is 0 Å². The fourth-order valence-corrected chi connectivity index (χ4v) is 4.86. The number of carbonyl (C=O) groups excluding carboxylic acids is 3. The second-order valence-corrected chi connectivity index (χ2v) is 11.0. The lowest BCUT2D eigenvalue weighted by molar-refractivity contribution is -0.164. The van der Waals surface area contributed by atoms with E-state index in [0.717, 1.165) is 12.0 Å². The van der Waals surface area contributed by atoms with Crippen LogP contribution in [0.3, 0.4) is 0 Å². The Hall–Kier alpha value is -4.08. The van der Waals surface area contributed by atoms with Gasteiger partial charge in [0.05, 0.1) is 0 Å². The molecule has 0 aromatic heterocycles. The Balaban J connectivity index is 1.55. The average Bonchev–Trinajstić information content (AvgIpc) is 3.45. The number of carboxylic acid groups (broad SMARTS) is 1. The average molecular weight is 568 g/mol. The second-order valence-electron chi connectivity index (χ2n) is 11.0. The highest BCUT2D eigenvalue weighted by Crippen LogP contribution is 2.35. The van der Waals surface area contributed by atoms with Crippen molar-refractivity contribution in [1.29, 1.82) is 0 Å². The number of piperidine rings is 1. The Morgan fingerprint density at radius 2 is 1.85 bits per heavy atom. The molecule has 0 spiro atoms. The first kappa shape index (κ1) is 29.9. The van der Waals surface area contributed by atoms with Gasteiger partial charge in [-0.2, -0.15) is 0 Å². The van der Waals surface area contributed by atoms with Crippen LogP contribution < -0.4 is 14.2 Å². The molecule has 2 atom stereocenters. The number of aliphatic carboxylic acids is 1. The van der Waals surface area contributed by atoms with Crippen molar-refractivity contribution in [3.63, 3.8) is 0 Å². The molecule has 10 nitrogen and oxygen atoms in total. The standard InChI is InChI=1S/C31H37NO9/c1-4-31(2,3)28(35)29(36)32-15-6-5-10-23(32)30(37)41-24(21-8-7-9-22(17-21)38-18-27(33)34)13-11-20-12-14-25-26(16-20)40-19-39-25/h7-9,12,14,16-17,23-24H,4-6,10-11,13,15,18-19H2,1-3H3,(H,33,34)/t23-,24?/m0/s1. The van der Waals surface area contributed by atoms with Gasteiger partial charge in [-0.3, -0.25) is 9.59 Å². The molecule has 1 fully saturated rings. The summed E-state index contributed by atoms with van der Waals surface area (Å²) in [5.41, 5.74) is 0.751. The lowest BCUT2D eigenvalue weighted by Crippen LogP contribution is -2.53. The van der Waals surface area contributed by atoms with Gasteiger partial charge in [0.1, 0.15) is 17.9 Å². The van der Waals surface area contributed by atoms with Crippen LogP contribution in [0.2, 0.25) is 0 Å². The van der Waals surface area contributed by atoms with Gasteiger partial charge in [-0.15, -0.1) is 0 Å². The van der Waals surface area contributed by atoms with E-state index in [1.165, 1.54) is 4.90 Å². The quantitative estimate of drug-likeness (QED) is 0.291. The summed E-state index contributed by atoms with van der Waals surface area (Å²) in [4.78, 5) is 52.2. The Morgan fingerprint density at radius 3 is 2.61 bits per heavy atom. The highest BCUT2D eigenvalue weighted by atomic mass is 16.7. The Morgan fingerprint density at radius 1 is 1.07 bits per heavy atom. The molecule has 4 rings (SSSR count). The molecule has 0 saturated carbocycles. The summed E-state index contributed by atoms with van der Waals surface area (Å²) in [5.74, 6) is -1.20. The number of ether oxygens (including phenoxy) is 4. The Bertz CT molecular complexity index is 1290. The van der Waals surface area contributed by atoms with E-state index < -0.39 is 47.8 Å². The van der Waals surface area contributed by atoms with Crippen molar-refractivity contribution >= 4 is 23.6 Å². The number of aryl methyl sites for hydroxylation is 1. The van der Waals surface area contributed by atoms with Gasteiger partial charge in [-0.1, -0.05) is 39.0 Å². The van der Waals surface area contributed by atoms with Crippen molar-refractivity contribution in [2.45, 2.75) is 71.4 Å². The van der Waals surface area contributed by atoms with Crippen LogP contribution in [-0.4, -0.2) is 59.6 Å². The van der Waals surface area contributed by atoms with Crippen LogP contribution in [0, 0.1) is 5.41 Å². The summed E-state index contributed by atoms with van der Waals surface area (Å²) in [6, 6.07) is 11.5. The molecule has 2 heterocycles. The van der Waals surface area contributed by atoms with E-state index in [2.05, 4.69) is 0 Å². The number of amides is 1. The maximum absolute atomic E-state index is 13.6. The van der Waals surface area contributed by atoms with Gasteiger partial charge < -0.3 is 29.0 Å². The molecular weight excluding hydrogens is 530 g/mol. The van der Waals surface area contributed by atoms with Crippen molar-refractivity contribution in [2.75, 3.05) is 19.9 Å². The number of carboxylic acids is 1. The number of fused-ring (bicyclic) bond motifs is 1. The predicted molar refractivity (Wildman–Crippen MR) is 148 cm³/mol. The predicted octanol–water partition coefficient (Wildman–Crippen LogP) is 4.48. The zero-order chi connectivity index (χ0) is 29.6. The minimum atomic E-state index is -1.11. The zero-order valence-corrected chi connectivity index (χ0v) is 23.7. The number of rotatable bonds is 12. The van der Waals surface area contributed by atoms with E-state index in [-0.39, 0.29) is 6.79 Å². The largest absolute Gasteiger partial charge is 0.482 e. The number of carbonyl (C=O) groups is 4. The van der Waals surface area contributed by atoms with Crippen molar-refractivity contribution in [3.05, 3.63) is 53.6 Å². The summed E-state index contributed by atoms with van der Waals surface area (Å²) >= 11 is 0. The highest BCUT2D eigenvalue weighted by molar-refractivity contribution is 6.38. The third kappa shape index (κ3) is 7.36. The third-order valence-electron chi connectivity index (χ3n) is 7.71. The number of esters is 1. The maximum atomic E-state index is 13.6. The van der Waals surface area contributed by atoms with Gasteiger partial charge in [0, 0.05) is 12.0 Å². The molecule has 1 unspecified atom stereocenters. The van der Waals surface area contributed by atoms with Crippen molar-refractivity contribution in [2.24, 2.45) is 5.41 Å². The zero-order valence-electron chi connectivity index (χ0n) is 23.7. The third-order valence-corrected chi connectivity index (χ3v) is 7.71. The molecule has 1 N–H and O–H groups in total. The fraction of sp³-hybridized carbons (Fsp3) is 0.484. The summed E-state index contributed by atoms with van der Waals surface area (Å²) in [5, 5.41) is 9.00.